The van der Waals surface area contributed by atoms with E-state index in [1.165, 1.54) is 25.1 Å². The minimum Gasteiger partial charge on any atom is -0.394 e. The summed E-state index contributed by atoms with van der Waals surface area (Å²) in [7, 11) is 0. The molecule has 0 saturated carbocycles. The van der Waals surface area contributed by atoms with Crippen molar-refractivity contribution in [3.05, 3.63) is 39.4 Å². The zero-order chi connectivity index (χ0) is 13.4. The fourth-order valence-electron chi connectivity index (χ4n) is 1.92. The van der Waals surface area contributed by atoms with Crippen LogP contribution in [0.4, 0.5) is 5.69 Å². The first-order chi connectivity index (χ1) is 8.49. The zero-order valence-electron chi connectivity index (χ0n) is 9.49. The molecular weight excluding hydrogens is 240 g/mol. The summed E-state index contributed by atoms with van der Waals surface area (Å²) in [6, 6.07) is 3.19. The van der Waals surface area contributed by atoms with E-state index in [9.17, 15) is 19.7 Å². The Bertz CT molecular complexity index is 554. The summed E-state index contributed by atoms with van der Waals surface area (Å²) in [5, 5.41) is 19.8. The van der Waals surface area contributed by atoms with E-state index in [-0.39, 0.29) is 17.7 Å². The molecule has 1 N–H and O–H groups in total. The fraction of sp³-hybridized carbons (Fsp3) is 0.273. The third-order valence-electron chi connectivity index (χ3n) is 2.83. The van der Waals surface area contributed by atoms with E-state index in [1.54, 1.807) is 0 Å². The van der Waals surface area contributed by atoms with Gasteiger partial charge in [-0.1, -0.05) is 6.07 Å². The molecule has 2 rings (SSSR count). The molecule has 7 heteroatoms. The lowest BCUT2D eigenvalue weighted by atomic mass is 10.1. The minimum absolute atomic E-state index is 0.00880. The second-order valence-electron chi connectivity index (χ2n) is 3.97. The summed E-state index contributed by atoms with van der Waals surface area (Å²) >= 11 is 0. The average molecular weight is 250 g/mol. The molecule has 0 aromatic heterocycles. The van der Waals surface area contributed by atoms with Crippen molar-refractivity contribution < 1.29 is 19.6 Å². The number of carbonyl (C=O) groups is 2. The van der Waals surface area contributed by atoms with Crippen molar-refractivity contribution in [2.45, 2.75) is 13.0 Å². The molecule has 0 saturated heterocycles. The van der Waals surface area contributed by atoms with E-state index in [0.717, 1.165) is 4.90 Å². The number of benzene rings is 1. The first-order valence-electron chi connectivity index (χ1n) is 5.25. The number of aliphatic hydroxyl groups excluding tert-OH is 1. The smallest absolute Gasteiger partial charge is 0.282 e. The highest BCUT2D eigenvalue weighted by atomic mass is 16.6. The number of amides is 2. The van der Waals surface area contributed by atoms with Crippen LogP contribution in [0, 0.1) is 10.1 Å². The lowest BCUT2D eigenvalue weighted by Gasteiger charge is -2.19. The van der Waals surface area contributed by atoms with Crippen LogP contribution in [0.5, 0.6) is 0 Å². The Kier molecular flexibility index (Phi) is 2.84. The number of carbonyl (C=O) groups excluding carboxylic acids is 2. The molecule has 0 aliphatic carbocycles. The third-order valence-corrected chi connectivity index (χ3v) is 2.83. The Balaban J connectivity index is 2.59. The molecule has 0 bridgehead atoms. The van der Waals surface area contributed by atoms with Gasteiger partial charge in [-0.05, 0) is 13.0 Å². The van der Waals surface area contributed by atoms with Gasteiger partial charge >= 0.3 is 0 Å². The normalized spacial score (nSPS) is 15.8. The van der Waals surface area contributed by atoms with Crippen molar-refractivity contribution in [2.24, 2.45) is 0 Å². The van der Waals surface area contributed by atoms with Gasteiger partial charge in [0.25, 0.3) is 17.5 Å². The molecule has 0 radical (unpaired) electrons. The van der Waals surface area contributed by atoms with Gasteiger partial charge in [-0.2, -0.15) is 0 Å². The van der Waals surface area contributed by atoms with E-state index in [1.807, 2.05) is 0 Å². The summed E-state index contributed by atoms with van der Waals surface area (Å²) in [4.78, 5) is 35.0. The van der Waals surface area contributed by atoms with E-state index >= 15 is 0 Å². The molecule has 1 aromatic carbocycles. The Morgan fingerprint density at radius 2 is 2.06 bits per heavy atom. The zero-order valence-corrected chi connectivity index (χ0v) is 9.49. The van der Waals surface area contributed by atoms with E-state index in [0.29, 0.717) is 0 Å². The Hall–Kier alpha value is -2.28. The summed E-state index contributed by atoms with van der Waals surface area (Å²) in [5.41, 5.74) is -0.583. The van der Waals surface area contributed by atoms with Crippen LogP contribution in [0.2, 0.25) is 0 Å². The number of imide groups is 1. The van der Waals surface area contributed by atoms with Crippen LogP contribution >= 0.6 is 0 Å². The van der Waals surface area contributed by atoms with Gasteiger partial charge in [-0.25, -0.2) is 0 Å². The number of rotatable bonds is 3. The van der Waals surface area contributed by atoms with Crippen molar-refractivity contribution in [1.82, 2.24) is 4.90 Å². The van der Waals surface area contributed by atoms with Crippen LogP contribution in [0.1, 0.15) is 27.6 Å². The Morgan fingerprint density at radius 3 is 2.61 bits per heavy atom. The van der Waals surface area contributed by atoms with Crippen LogP contribution in [-0.4, -0.2) is 39.4 Å². The molecule has 1 aliphatic rings. The van der Waals surface area contributed by atoms with Crippen molar-refractivity contribution in [3.63, 3.8) is 0 Å². The summed E-state index contributed by atoms with van der Waals surface area (Å²) in [5.74, 6) is -1.34. The second kappa shape index (κ2) is 4.19. The minimum atomic E-state index is -0.733. The van der Waals surface area contributed by atoms with Crippen LogP contribution < -0.4 is 0 Å². The van der Waals surface area contributed by atoms with Gasteiger partial charge in [-0.15, -0.1) is 0 Å². The fourth-order valence-corrected chi connectivity index (χ4v) is 1.92. The average Bonchev–Trinajstić information content (AvgIpc) is 2.61. The Morgan fingerprint density at radius 1 is 1.39 bits per heavy atom. The molecule has 1 aromatic rings. The van der Waals surface area contributed by atoms with Gasteiger partial charge in [0.1, 0.15) is 5.56 Å². The maximum absolute atomic E-state index is 12.0. The van der Waals surface area contributed by atoms with E-state index < -0.39 is 28.5 Å². The maximum atomic E-state index is 12.0. The topological polar surface area (TPSA) is 101 Å². The Labute approximate surface area is 102 Å². The highest BCUT2D eigenvalue weighted by Crippen LogP contribution is 2.31. The lowest BCUT2D eigenvalue weighted by molar-refractivity contribution is -0.385. The predicted molar refractivity (Wildman–Crippen MR) is 60.1 cm³/mol. The molecule has 2 amide bonds. The van der Waals surface area contributed by atoms with Crippen molar-refractivity contribution >= 4 is 17.5 Å². The van der Waals surface area contributed by atoms with Crippen molar-refractivity contribution in [2.75, 3.05) is 6.61 Å². The lowest BCUT2D eigenvalue weighted by Crippen LogP contribution is -2.40. The molecule has 1 heterocycles. The van der Waals surface area contributed by atoms with Gasteiger partial charge in [-0.3, -0.25) is 24.6 Å². The number of nitrogens with zero attached hydrogens (tertiary/aromatic N) is 2. The molecule has 0 unspecified atom stereocenters. The van der Waals surface area contributed by atoms with Gasteiger partial charge in [0.05, 0.1) is 23.1 Å². The van der Waals surface area contributed by atoms with Gasteiger partial charge in [0.2, 0.25) is 0 Å². The van der Waals surface area contributed by atoms with E-state index in [4.69, 9.17) is 5.11 Å². The van der Waals surface area contributed by atoms with E-state index in [2.05, 4.69) is 0 Å². The quantitative estimate of drug-likeness (QED) is 0.480. The monoisotopic (exact) mass is 250 g/mol. The first kappa shape index (κ1) is 12.2. The predicted octanol–water partition coefficient (Wildman–Crippen LogP) is 0.572. The number of hydrogen-bond donors (Lipinski definition) is 1. The van der Waals surface area contributed by atoms with Crippen molar-refractivity contribution in [1.29, 1.82) is 0 Å². The summed E-state index contributed by atoms with van der Waals surface area (Å²) in [6.07, 6.45) is 0. The summed E-state index contributed by atoms with van der Waals surface area (Å²) < 4.78 is 0. The van der Waals surface area contributed by atoms with Crippen molar-refractivity contribution in [3.8, 4) is 0 Å². The summed E-state index contributed by atoms with van der Waals surface area (Å²) in [6.45, 7) is 1.10. The number of nitro benzene ring substituents is 1. The number of fused-ring (bicyclic) bond motifs is 1. The maximum Gasteiger partial charge on any atom is 0.282 e. The molecule has 1 aliphatic heterocycles. The number of nitro groups is 1. The highest BCUT2D eigenvalue weighted by Gasteiger charge is 2.42. The number of hydrogen-bond acceptors (Lipinski definition) is 5. The third kappa shape index (κ3) is 1.56. The van der Waals surface area contributed by atoms with Gasteiger partial charge < -0.3 is 5.11 Å². The molecule has 18 heavy (non-hydrogen) atoms. The first-order valence-corrected chi connectivity index (χ1v) is 5.25. The molecule has 94 valence electrons. The van der Waals surface area contributed by atoms with Crippen LogP contribution in [0.25, 0.3) is 0 Å². The molecular formula is C11H10N2O5. The molecule has 0 spiro atoms. The number of aliphatic hydroxyl groups is 1. The molecule has 0 fully saturated rings. The SMILES string of the molecule is C[C@H](CO)N1C(=O)c2cccc([N+](=O)[O-])c2C1=O. The van der Waals surface area contributed by atoms with Crippen LogP contribution in [0.15, 0.2) is 18.2 Å². The second-order valence-corrected chi connectivity index (χ2v) is 3.97. The standard InChI is InChI=1S/C11H10N2O5/c1-6(5-14)12-10(15)7-3-2-4-8(13(17)18)9(7)11(12)16/h2-4,6,14H,5H2,1H3/t6-/m1/s1. The molecule has 7 nitrogen and oxygen atoms in total. The van der Waals surface area contributed by atoms with Gasteiger partial charge in [0, 0.05) is 6.07 Å². The molecule has 1 atom stereocenters. The highest BCUT2D eigenvalue weighted by molar-refractivity contribution is 6.23. The van der Waals surface area contributed by atoms with Crippen LogP contribution in [-0.2, 0) is 0 Å². The van der Waals surface area contributed by atoms with Gasteiger partial charge in [0.15, 0.2) is 0 Å². The largest absolute Gasteiger partial charge is 0.394 e. The van der Waals surface area contributed by atoms with Crippen LogP contribution in [0.3, 0.4) is 0 Å².